The molecule has 0 radical (unpaired) electrons. The van der Waals surface area contributed by atoms with Crippen LogP contribution in [-0.2, 0) is 6.54 Å². The molecular weight excluding hydrogens is 270 g/mol. The van der Waals surface area contributed by atoms with Crippen molar-refractivity contribution in [3.05, 3.63) is 53.1 Å². The standard InChI is InChI=1S/C15H15N3OS/c1-2-8-18-13(14-6-4-9-19-14)11-20-15(18)17-12-5-3-7-16-10-12/h3-7,9-11H,2,8H2,1H3. The van der Waals surface area contributed by atoms with Crippen LogP contribution in [0.4, 0.5) is 5.69 Å². The van der Waals surface area contributed by atoms with Crippen molar-refractivity contribution < 1.29 is 4.42 Å². The highest BCUT2D eigenvalue weighted by Crippen LogP contribution is 2.21. The highest BCUT2D eigenvalue weighted by atomic mass is 32.1. The molecule has 3 aromatic rings. The molecule has 0 N–H and O–H groups in total. The van der Waals surface area contributed by atoms with Crippen molar-refractivity contribution in [2.45, 2.75) is 19.9 Å². The van der Waals surface area contributed by atoms with Gasteiger partial charge >= 0.3 is 0 Å². The van der Waals surface area contributed by atoms with E-state index in [1.165, 1.54) is 0 Å². The summed E-state index contributed by atoms with van der Waals surface area (Å²) in [5, 5.41) is 2.09. The van der Waals surface area contributed by atoms with Crippen LogP contribution in [0.2, 0.25) is 0 Å². The molecule has 0 saturated carbocycles. The Morgan fingerprint density at radius 2 is 2.30 bits per heavy atom. The maximum atomic E-state index is 5.50. The SMILES string of the molecule is CCCn1c(-c2ccco2)csc1=Nc1cccnc1. The zero-order chi connectivity index (χ0) is 13.8. The molecule has 4 nitrogen and oxygen atoms in total. The lowest BCUT2D eigenvalue weighted by atomic mass is 10.3. The molecule has 0 saturated heterocycles. The molecule has 3 heterocycles. The molecule has 0 atom stereocenters. The van der Waals surface area contributed by atoms with Crippen LogP contribution in [0, 0.1) is 0 Å². The predicted molar refractivity (Wildman–Crippen MR) is 79.8 cm³/mol. The van der Waals surface area contributed by atoms with Crippen molar-refractivity contribution in [2.75, 3.05) is 0 Å². The summed E-state index contributed by atoms with van der Waals surface area (Å²) in [5.41, 5.74) is 1.94. The summed E-state index contributed by atoms with van der Waals surface area (Å²) in [6, 6.07) is 7.73. The van der Waals surface area contributed by atoms with Crippen LogP contribution in [0.15, 0.2) is 57.7 Å². The van der Waals surface area contributed by atoms with Gasteiger partial charge in [-0.25, -0.2) is 4.99 Å². The van der Waals surface area contributed by atoms with Gasteiger partial charge in [-0.05, 0) is 30.7 Å². The molecule has 0 spiro atoms. The van der Waals surface area contributed by atoms with Crippen LogP contribution in [-0.4, -0.2) is 9.55 Å². The van der Waals surface area contributed by atoms with E-state index >= 15 is 0 Å². The van der Waals surface area contributed by atoms with E-state index < -0.39 is 0 Å². The molecule has 0 aromatic carbocycles. The molecule has 0 amide bonds. The summed E-state index contributed by atoms with van der Waals surface area (Å²) >= 11 is 1.62. The Morgan fingerprint density at radius 3 is 3.00 bits per heavy atom. The number of furan rings is 1. The fourth-order valence-electron chi connectivity index (χ4n) is 2.01. The van der Waals surface area contributed by atoms with Gasteiger partial charge in [0.15, 0.2) is 10.6 Å². The number of rotatable bonds is 4. The highest BCUT2D eigenvalue weighted by molar-refractivity contribution is 7.07. The van der Waals surface area contributed by atoms with Gasteiger partial charge in [0, 0.05) is 18.1 Å². The monoisotopic (exact) mass is 285 g/mol. The average molecular weight is 285 g/mol. The van der Waals surface area contributed by atoms with E-state index in [9.17, 15) is 0 Å². The third-order valence-electron chi connectivity index (χ3n) is 2.89. The van der Waals surface area contributed by atoms with E-state index in [0.29, 0.717) is 0 Å². The second kappa shape index (κ2) is 5.88. The van der Waals surface area contributed by atoms with Crippen LogP contribution in [0.25, 0.3) is 11.5 Å². The van der Waals surface area contributed by atoms with E-state index in [1.54, 1.807) is 30.0 Å². The molecule has 0 aliphatic heterocycles. The van der Waals surface area contributed by atoms with E-state index in [2.05, 4.69) is 26.8 Å². The molecular formula is C15H15N3OS. The minimum absolute atomic E-state index is 0.866. The number of hydrogen-bond donors (Lipinski definition) is 0. The lowest BCUT2D eigenvalue weighted by molar-refractivity contribution is 0.567. The Labute approximate surface area is 121 Å². The van der Waals surface area contributed by atoms with E-state index in [0.717, 1.165) is 34.9 Å². The average Bonchev–Trinajstić information content (AvgIpc) is 3.11. The quantitative estimate of drug-likeness (QED) is 0.731. The third kappa shape index (κ3) is 2.58. The van der Waals surface area contributed by atoms with Gasteiger partial charge in [-0.15, -0.1) is 11.3 Å². The van der Waals surface area contributed by atoms with Gasteiger partial charge in [0.1, 0.15) is 0 Å². The number of thiazole rings is 1. The van der Waals surface area contributed by atoms with Crippen LogP contribution in [0.3, 0.4) is 0 Å². The van der Waals surface area contributed by atoms with Gasteiger partial charge in [-0.2, -0.15) is 0 Å². The molecule has 0 bridgehead atoms. The minimum Gasteiger partial charge on any atom is -0.463 e. The first-order valence-electron chi connectivity index (χ1n) is 6.55. The largest absolute Gasteiger partial charge is 0.463 e. The lowest BCUT2D eigenvalue weighted by Gasteiger charge is -2.04. The number of pyridine rings is 1. The Kier molecular flexibility index (Phi) is 3.78. The summed E-state index contributed by atoms with van der Waals surface area (Å²) < 4.78 is 7.69. The van der Waals surface area contributed by atoms with E-state index in [4.69, 9.17) is 4.42 Å². The van der Waals surface area contributed by atoms with Gasteiger partial charge in [0.2, 0.25) is 0 Å². The first-order chi connectivity index (χ1) is 9.88. The lowest BCUT2D eigenvalue weighted by Crippen LogP contribution is -2.15. The molecule has 0 unspecified atom stereocenters. The van der Waals surface area contributed by atoms with Gasteiger partial charge in [0.25, 0.3) is 0 Å². The molecule has 0 aliphatic carbocycles. The Balaban J connectivity index is 2.10. The van der Waals surface area contributed by atoms with Crippen molar-refractivity contribution >= 4 is 17.0 Å². The highest BCUT2D eigenvalue weighted by Gasteiger charge is 2.09. The summed E-state index contributed by atoms with van der Waals surface area (Å²) in [5.74, 6) is 0.877. The molecule has 0 aliphatic rings. The normalized spacial score (nSPS) is 11.9. The summed E-state index contributed by atoms with van der Waals surface area (Å²) in [7, 11) is 0. The minimum atomic E-state index is 0.866. The van der Waals surface area contributed by atoms with Crippen LogP contribution < -0.4 is 4.80 Å². The summed E-state index contributed by atoms with van der Waals surface area (Å²) in [4.78, 5) is 9.73. The van der Waals surface area contributed by atoms with Gasteiger partial charge in [-0.3, -0.25) is 4.98 Å². The molecule has 3 aromatic heterocycles. The van der Waals surface area contributed by atoms with Crippen molar-refractivity contribution in [1.82, 2.24) is 9.55 Å². The number of nitrogens with zero attached hydrogens (tertiary/aromatic N) is 3. The van der Waals surface area contributed by atoms with Crippen LogP contribution in [0.1, 0.15) is 13.3 Å². The summed E-state index contributed by atoms with van der Waals surface area (Å²) in [6.07, 6.45) is 6.26. The second-order valence-electron chi connectivity index (χ2n) is 4.36. The first-order valence-corrected chi connectivity index (χ1v) is 7.43. The van der Waals surface area contributed by atoms with E-state index in [-0.39, 0.29) is 0 Å². The third-order valence-corrected chi connectivity index (χ3v) is 3.75. The molecule has 3 rings (SSSR count). The van der Waals surface area contributed by atoms with Crippen LogP contribution in [0.5, 0.6) is 0 Å². The zero-order valence-electron chi connectivity index (χ0n) is 11.2. The van der Waals surface area contributed by atoms with Crippen LogP contribution >= 0.6 is 11.3 Å². The molecule has 20 heavy (non-hydrogen) atoms. The predicted octanol–water partition coefficient (Wildman–Crippen LogP) is 3.85. The molecule has 0 fully saturated rings. The Bertz CT molecular complexity index is 726. The van der Waals surface area contributed by atoms with Crippen molar-refractivity contribution in [3.8, 4) is 11.5 Å². The second-order valence-corrected chi connectivity index (χ2v) is 5.19. The van der Waals surface area contributed by atoms with Crippen molar-refractivity contribution in [2.24, 2.45) is 4.99 Å². The Morgan fingerprint density at radius 1 is 1.35 bits per heavy atom. The number of aromatic nitrogens is 2. The summed E-state index contributed by atoms with van der Waals surface area (Å²) in [6.45, 7) is 3.07. The number of hydrogen-bond acceptors (Lipinski definition) is 4. The first kappa shape index (κ1) is 12.9. The fourth-order valence-corrected chi connectivity index (χ4v) is 2.95. The molecule has 5 heteroatoms. The van der Waals surface area contributed by atoms with Gasteiger partial charge < -0.3 is 8.98 Å². The van der Waals surface area contributed by atoms with Crippen molar-refractivity contribution in [1.29, 1.82) is 0 Å². The van der Waals surface area contributed by atoms with Gasteiger partial charge in [0.05, 0.1) is 23.8 Å². The topological polar surface area (TPSA) is 43.3 Å². The van der Waals surface area contributed by atoms with Gasteiger partial charge in [-0.1, -0.05) is 6.92 Å². The zero-order valence-corrected chi connectivity index (χ0v) is 12.0. The Hall–Kier alpha value is -2.14. The fraction of sp³-hybridized carbons (Fsp3) is 0.200. The van der Waals surface area contributed by atoms with E-state index in [1.807, 2.05) is 24.3 Å². The smallest absolute Gasteiger partial charge is 0.190 e. The van der Waals surface area contributed by atoms with Crippen molar-refractivity contribution in [3.63, 3.8) is 0 Å². The molecule has 102 valence electrons. The maximum Gasteiger partial charge on any atom is 0.190 e. The maximum absolute atomic E-state index is 5.50.